The molecule has 0 saturated heterocycles. The van der Waals surface area contributed by atoms with Crippen molar-refractivity contribution in [1.82, 2.24) is 0 Å². The fourth-order valence-corrected chi connectivity index (χ4v) is 5.46. The van der Waals surface area contributed by atoms with Gasteiger partial charge in [0.25, 0.3) is 0 Å². The van der Waals surface area contributed by atoms with Crippen molar-refractivity contribution in [3.8, 4) is 0 Å². The molecular weight excluding hydrogens is 580 g/mol. The number of rotatable bonds is 34. The molecule has 0 aromatic carbocycles. The summed E-state index contributed by atoms with van der Waals surface area (Å²) in [6, 6.07) is 0. The highest BCUT2D eigenvalue weighted by Crippen LogP contribution is 2.16. The van der Waals surface area contributed by atoms with E-state index in [1.54, 1.807) is 0 Å². The van der Waals surface area contributed by atoms with Crippen LogP contribution in [0.5, 0.6) is 0 Å². The van der Waals surface area contributed by atoms with Gasteiger partial charge in [-0.05, 0) is 12.8 Å². The number of hydrogen-bond acceptors (Lipinski definition) is 7. The average Bonchev–Trinajstić information content (AvgIpc) is 3.06. The minimum atomic E-state index is -1.11. The molecule has 0 unspecified atom stereocenters. The summed E-state index contributed by atoms with van der Waals surface area (Å²) in [7, 11) is 0. The van der Waals surface area contributed by atoms with E-state index in [2.05, 4.69) is 13.8 Å². The van der Waals surface area contributed by atoms with Crippen molar-refractivity contribution in [2.75, 3.05) is 26.4 Å². The number of aliphatic hydroxyl groups is 4. The second-order valence-electron chi connectivity index (χ2n) is 13.7. The molecule has 7 heteroatoms. The number of hydrogen-bond donors (Lipinski definition) is 4. The fraction of sp³-hybridized carbons (Fsp3) is 0.949. The molecule has 0 heterocycles. The van der Waals surface area contributed by atoms with E-state index >= 15 is 0 Å². The van der Waals surface area contributed by atoms with Gasteiger partial charge in [-0.2, -0.15) is 0 Å². The Morgan fingerprint density at radius 2 is 0.565 bits per heavy atom. The van der Waals surface area contributed by atoms with Gasteiger partial charge in [-0.25, -0.2) is 0 Å². The Balaban J connectivity index is 0. The van der Waals surface area contributed by atoms with E-state index < -0.39 is 31.8 Å². The quantitative estimate of drug-likeness (QED) is 0.0308. The lowest BCUT2D eigenvalue weighted by molar-refractivity contribution is -0.159. The largest absolute Gasteiger partial charge is 0.396 e. The number of carbonyl (C=O) groups is 2. The first kappa shape index (κ1) is 47.1. The second kappa shape index (κ2) is 38.4. The lowest BCUT2D eigenvalue weighted by atomic mass is 9.93. The molecular formula is C39H78O7. The number of esters is 2. The Morgan fingerprint density at radius 3 is 0.739 bits per heavy atom. The van der Waals surface area contributed by atoms with Crippen LogP contribution in [0.25, 0.3) is 0 Å². The van der Waals surface area contributed by atoms with Gasteiger partial charge in [0.2, 0.25) is 0 Å². The zero-order chi connectivity index (χ0) is 34.4. The number of carbonyl (C=O) groups excluding carboxylic acids is 2. The highest BCUT2D eigenvalue weighted by Gasteiger charge is 2.26. The molecule has 7 nitrogen and oxygen atoms in total. The van der Waals surface area contributed by atoms with Crippen LogP contribution < -0.4 is 0 Å². The third kappa shape index (κ3) is 34.3. The van der Waals surface area contributed by atoms with Gasteiger partial charge in [0.15, 0.2) is 0 Å². The van der Waals surface area contributed by atoms with Gasteiger partial charge in [-0.15, -0.1) is 0 Å². The topological polar surface area (TPSA) is 124 Å². The summed E-state index contributed by atoms with van der Waals surface area (Å²) >= 11 is 0. The molecule has 0 bridgehead atoms. The first-order valence-corrected chi connectivity index (χ1v) is 19.6. The van der Waals surface area contributed by atoms with E-state index in [-0.39, 0.29) is 11.9 Å². The van der Waals surface area contributed by atoms with Crippen molar-refractivity contribution in [3.05, 3.63) is 0 Å². The second-order valence-corrected chi connectivity index (χ2v) is 13.7. The van der Waals surface area contributed by atoms with Crippen LogP contribution in [0.15, 0.2) is 0 Å². The van der Waals surface area contributed by atoms with E-state index in [9.17, 15) is 9.59 Å². The SMILES string of the molecule is CCCCCCCCCCCCCCCCCC(=O)OC(=O)CCCCCCCCCCCCCCC.OCC(CO)(CO)CO. The van der Waals surface area contributed by atoms with Gasteiger partial charge < -0.3 is 25.2 Å². The predicted octanol–water partition coefficient (Wildman–Crippen LogP) is 9.74. The third-order valence-electron chi connectivity index (χ3n) is 9.04. The Bertz CT molecular complexity index is 604. The summed E-state index contributed by atoms with van der Waals surface area (Å²) in [6.45, 7) is 2.92. The minimum absolute atomic E-state index is 0.325. The van der Waals surface area contributed by atoms with Crippen molar-refractivity contribution in [3.63, 3.8) is 0 Å². The summed E-state index contributed by atoms with van der Waals surface area (Å²) in [4.78, 5) is 23.8. The van der Waals surface area contributed by atoms with E-state index in [1.165, 1.54) is 154 Å². The Hall–Kier alpha value is -1.02. The van der Waals surface area contributed by atoms with Crippen molar-refractivity contribution < 1.29 is 34.8 Å². The molecule has 0 saturated carbocycles. The number of unbranched alkanes of at least 4 members (excludes halogenated alkanes) is 26. The molecule has 0 aliphatic rings. The van der Waals surface area contributed by atoms with E-state index in [4.69, 9.17) is 25.2 Å². The van der Waals surface area contributed by atoms with Crippen LogP contribution in [0.1, 0.15) is 206 Å². The molecule has 0 radical (unpaired) electrons. The fourth-order valence-electron chi connectivity index (χ4n) is 5.46. The molecule has 0 fully saturated rings. The standard InChI is InChI=1S/C34H66O3.C5H12O4/c1-3-5-7-9-11-13-15-17-18-20-22-24-26-28-30-32-34(36)37-33(35)31-29-27-25-23-21-19-16-14-12-10-8-6-4-2;6-1-5(2-7,3-8)4-9/h3-32H2,1-2H3;6-9H,1-4H2. The van der Waals surface area contributed by atoms with Crippen LogP contribution in [0.4, 0.5) is 0 Å². The van der Waals surface area contributed by atoms with Crippen LogP contribution in [-0.4, -0.2) is 58.8 Å². The maximum absolute atomic E-state index is 11.9. The first-order valence-electron chi connectivity index (χ1n) is 19.6. The molecule has 0 spiro atoms. The summed E-state index contributed by atoms with van der Waals surface area (Å²) in [5, 5.41) is 34.0. The Labute approximate surface area is 284 Å². The van der Waals surface area contributed by atoms with Crippen molar-refractivity contribution >= 4 is 11.9 Å². The maximum Gasteiger partial charge on any atom is 0.313 e. The Kier molecular flexibility index (Phi) is 39.3. The minimum Gasteiger partial charge on any atom is -0.396 e. The zero-order valence-corrected chi connectivity index (χ0v) is 30.6. The van der Waals surface area contributed by atoms with Gasteiger partial charge in [0, 0.05) is 12.8 Å². The molecule has 0 aliphatic heterocycles. The van der Waals surface area contributed by atoms with Gasteiger partial charge in [-0.3, -0.25) is 9.59 Å². The number of ether oxygens (including phenoxy) is 1. The molecule has 0 rings (SSSR count). The predicted molar refractivity (Wildman–Crippen MR) is 192 cm³/mol. The van der Waals surface area contributed by atoms with Gasteiger partial charge in [0.1, 0.15) is 0 Å². The molecule has 4 N–H and O–H groups in total. The monoisotopic (exact) mass is 659 g/mol. The van der Waals surface area contributed by atoms with Crippen molar-refractivity contribution in [1.29, 1.82) is 0 Å². The third-order valence-corrected chi connectivity index (χ3v) is 9.04. The van der Waals surface area contributed by atoms with Crippen molar-refractivity contribution in [2.45, 2.75) is 206 Å². The Morgan fingerprint density at radius 1 is 0.370 bits per heavy atom. The summed E-state index contributed by atoms with van der Waals surface area (Å²) in [5.41, 5.74) is -1.11. The molecule has 46 heavy (non-hydrogen) atoms. The van der Waals surface area contributed by atoms with E-state index in [0.717, 1.165) is 25.7 Å². The van der Waals surface area contributed by atoms with Crippen LogP contribution in [0.2, 0.25) is 0 Å². The molecule has 0 aromatic heterocycles. The van der Waals surface area contributed by atoms with Crippen LogP contribution >= 0.6 is 0 Å². The lowest BCUT2D eigenvalue weighted by Crippen LogP contribution is -2.37. The molecule has 0 amide bonds. The highest BCUT2D eigenvalue weighted by molar-refractivity contribution is 5.85. The normalized spacial score (nSPS) is 11.3. The summed E-state index contributed by atoms with van der Waals surface area (Å²) in [5.74, 6) is -0.650. The molecule has 276 valence electrons. The highest BCUT2D eigenvalue weighted by atomic mass is 16.6. The maximum atomic E-state index is 11.9. The van der Waals surface area contributed by atoms with Gasteiger partial charge >= 0.3 is 11.9 Å². The zero-order valence-electron chi connectivity index (χ0n) is 30.6. The van der Waals surface area contributed by atoms with E-state index in [0.29, 0.717) is 12.8 Å². The lowest BCUT2D eigenvalue weighted by Gasteiger charge is -2.23. The van der Waals surface area contributed by atoms with Crippen LogP contribution in [-0.2, 0) is 14.3 Å². The van der Waals surface area contributed by atoms with Crippen molar-refractivity contribution in [2.24, 2.45) is 5.41 Å². The van der Waals surface area contributed by atoms with Gasteiger partial charge in [-0.1, -0.05) is 181 Å². The molecule has 0 aromatic rings. The smallest absolute Gasteiger partial charge is 0.313 e. The van der Waals surface area contributed by atoms with E-state index in [1.807, 2.05) is 0 Å². The van der Waals surface area contributed by atoms with Crippen LogP contribution in [0, 0.1) is 5.41 Å². The number of aliphatic hydroxyl groups excluding tert-OH is 4. The van der Waals surface area contributed by atoms with Crippen LogP contribution in [0.3, 0.4) is 0 Å². The summed E-state index contributed by atoms with van der Waals surface area (Å²) < 4.78 is 5.00. The molecule has 0 atom stereocenters. The molecule has 0 aliphatic carbocycles. The average molecular weight is 659 g/mol. The summed E-state index contributed by atoms with van der Waals surface area (Å²) in [6.07, 6.45) is 37.2. The van der Waals surface area contributed by atoms with Gasteiger partial charge in [0.05, 0.1) is 31.8 Å². The first-order chi connectivity index (χ1) is 22.4.